The number of carbonyl (C=O) groups excluding carboxylic acids is 3. The molecule has 0 saturated carbocycles. The van der Waals surface area contributed by atoms with Gasteiger partial charge in [-0.3, -0.25) is 14.4 Å². The second-order valence-electron chi connectivity index (χ2n) is 9.35. The zero-order valence-corrected chi connectivity index (χ0v) is 20.3. The molecule has 0 aliphatic carbocycles. The van der Waals surface area contributed by atoms with Gasteiger partial charge in [0.05, 0.1) is 17.4 Å². The first-order valence-corrected chi connectivity index (χ1v) is 12.2. The van der Waals surface area contributed by atoms with Crippen molar-refractivity contribution in [3.8, 4) is 5.75 Å². The SMILES string of the molecule is CC(C)(C)NC(=O)[C@@H]1CSCN1C(=O)C(O)C(C(=O)c1ccccc1O)C(N)c1ccccc1. The minimum absolute atomic E-state index is 0.0384. The van der Waals surface area contributed by atoms with Gasteiger partial charge in [0.1, 0.15) is 17.9 Å². The first-order valence-electron chi connectivity index (χ1n) is 11.0. The zero-order chi connectivity index (χ0) is 25.0. The molecule has 3 rings (SSSR count). The summed E-state index contributed by atoms with van der Waals surface area (Å²) in [4.78, 5) is 41.0. The van der Waals surface area contributed by atoms with Gasteiger partial charge in [-0.05, 0) is 38.5 Å². The molecule has 9 heteroatoms. The Morgan fingerprint density at radius 2 is 1.71 bits per heavy atom. The molecule has 3 unspecified atom stereocenters. The first kappa shape index (κ1) is 25.7. The molecule has 2 aromatic carbocycles. The van der Waals surface area contributed by atoms with Crippen LogP contribution in [-0.2, 0) is 9.59 Å². The highest BCUT2D eigenvalue weighted by Crippen LogP contribution is 2.32. The number of benzene rings is 2. The summed E-state index contributed by atoms with van der Waals surface area (Å²) < 4.78 is 0. The van der Waals surface area contributed by atoms with E-state index in [2.05, 4.69) is 5.32 Å². The maximum Gasteiger partial charge on any atom is 0.253 e. The molecule has 34 heavy (non-hydrogen) atoms. The van der Waals surface area contributed by atoms with Gasteiger partial charge in [0, 0.05) is 17.3 Å². The van der Waals surface area contributed by atoms with Gasteiger partial charge < -0.3 is 26.2 Å². The summed E-state index contributed by atoms with van der Waals surface area (Å²) in [6.45, 7) is 5.52. The van der Waals surface area contributed by atoms with Crippen LogP contribution in [0.5, 0.6) is 5.75 Å². The van der Waals surface area contributed by atoms with Gasteiger partial charge in [0.25, 0.3) is 5.91 Å². The van der Waals surface area contributed by atoms with Crippen molar-refractivity contribution in [3.63, 3.8) is 0 Å². The number of ketones is 1. The van der Waals surface area contributed by atoms with Crippen molar-refractivity contribution in [3.05, 3.63) is 65.7 Å². The van der Waals surface area contributed by atoms with Crippen LogP contribution in [0.3, 0.4) is 0 Å². The van der Waals surface area contributed by atoms with E-state index in [4.69, 9.17) is 5.73 Å². The van der Waals surface area contributed by atoms with Crippen molar-refractivity contribution < 1.29 is 24.6 Å². The summed E-state index contributed by atoms with van der Waals surface area (Å²) in [5.41, 5.74) is 6.45. The van der Waals surface area contributed by atoms with E-state index in [-0.39, 0.29) is 23.1 Å². The predicted octanol–water partition coefficient (Wildman–Crippen LogP) is 2.07. The Morgan fingerprint density at radius 1 is 1.09 bits per heavy atom. The molecule has 0 aromatic heterocycles. The molecule has 2 aromatic rings. The zero-order valence-electron chi connectivity index (χ0n) is 19.5. The molecule has 5 N–H and O–H groups in total. The third-order valence-corrected chi connectivity index (χ3v) is 6.62. The van der Waals surface area contributed by atoms with Crippen molar-refractivity contribution in [1.29, 1.82) is 0 Å². The van der Waals surface area contributed by atoms with Gasteiger partial charge in [-0.2, -0.15) is 0 Å². The van der Waals surface area contributed by atoms with Gasteiger partial charge in [0.15, 0.2) is 5.78 Å². The average molecular weight is 486 g/mol. The molecule has 2 amide bonds. The number of aromatic hydroxyl groups is 1. The number of para-hydroxylation sites is 1. The fourth-order valence-electron chi connectivity index (χ4n) is 3.90. The van der Waals surface area contributed by atoms with E-state index in [1.807, 2.05) is 20.8 Å². The second-order valence-corrected chi connectivity index (χ2v) is 10.4. The summed E-state index contributed by atoms with van der Waals surface area (Å²) in [5.74, 6) is -2.79. The third kappa shape index (κ3) is 5.78. The van der Waals surface area contributed by atoms with Gasteiger partial charge in [-0.25, -0.2) is 0 Å². The standard InChI is InChI=1S/C25H31N3O5S/c1-25(2,3)27-23(32)17-13-34-14-28(17)24(33)22(31)19(20(26)15-9-5-4-6-10-15)21(30)16-11-7-8-12-18(16)29/h4-12,17,19-20,22,29,31H,13-14,26H2,1-3H3,(H,27,32)/t17-,19?,20?,22?/m0/s1. The van der Waals surface area contributed by atoms with Crippen molar-refractivity contribution in [2.75, 3.05) is 11.6 Å². The number of nitrogens with one attached hydrogen (secondary N) is 1. The van der Waals surface area contributed by atoms with Crippen LogP contribution < -0.4 is 11.1 Å². The van der Waals surface area contributed by atoms with Crippen molar-refractivity contribution in [1.82, 2.24) is 10.2 Å². The van der Waals surface area contributed by atoms with Crippen molar-refractivity contribution in [2.24, 2.45) is 11.7 Å². The average Bonchev–Trinajstić information content (AvgIpc) is 3.28. The number of phenolic OH excluding ortho intramolecular Hbond substituents is 1. The summed E-state index contributed by atoms with van der Waals surface area (Å²) in [6.07, 6.45) is -1.81. The number of carbonyl (C=O) groups is 3. The summed E-state index contributed by atoms with van der Waals surface area (Å²) >= 11 is 1.39. The van der Waals surface area contributed by atoms with Crippen LogP contribution in [0.4, 0.5) is 0 Å². The highest BCUT2D eigenvalue weighted by Gasteiger charge is 2.44. The third-order valence-electron chi connectivity index (χ3n) is 5.60. The highest BCUT2D eigenvalue weighted by molar-refractivity contribution is 7.99. The molecule has 1 aliphatic rings. The smallest absolute Gasteiger partial charge is 0.253 e. The van der Waals surface area contributed by atoms with Gasteiger partial charge in [-0.1, -0.05) is 42.5 Å². The Balaban J connectivity index is 1.93. The molecule has 1 heterocycles. The van der Waals surface area contributed by atoms with Crippen molar-refractivity contribution >= 4 is 29.4 Å². The quantitative estimate of drug-likeness (QED) is 0.441. The number of nitrogens with zero attached hydrogens (tertiary/aromatic N) is 1. The molecular weight excluding hydrogens is 454 g/mol. The number of aliphatic hydroxyl groups excluding tert-OH is 1. The Labute approximate surface area is 203 Å². The number of thioether (sulfide) groups is 1. The number of Topliss-reactive ketones (excluding diaryl/α,β-unsaturated/α-hetero) is 1. The lowest BCUT2D eigenvalue weighted by molar-refractivity contribution is -0.147. The molecule has 0 bridgehead atoms. The van der Waals surface area contributed by atoms with E-state index in [9.17, 15) is 24.6 Å². The van der Waals surface area contributed by atoms with Gasteiger partial charge in [0.2, 0.25) is 5.91 Å². The van der Waals surface area contributed by atoms with E-state index in [1.165, 1.54) is 28.8 Å². The van der Waals surface area contributed by atoms with Gasteiger partial charge in [-0.15, -0.1) is 11.8 Å². The summed E-state index contributed by atoms with van der Waals surface area (Å²) in [6, 6.07) is 12.8. The van der Waals surface area contributed by atoms with E-state index in [0.29, 0.717) is 11.3 Å². The summed E-state index contributed by atoms with van der Waals surface area (Å²) in [7, 11) is 0. The maximum atomic E-state index is 13.5. The Hall–Kier alpha value is -2.88. The molecule has 8 nitrogen and oxygen atoms in total. The number of rotatable bonds is 7. The van der Waals surface area contributed by atoms with Crippen LogP contribution in [0.1, 0.15) is 42.7 Å². The normalized spacial score (nSPS) is 18.7. The molecule has 1 aliphatic heterocycles. The molecular formula is C25H31N3O5S. The topological polar surface area (TPSA) is 133 Å². The van der Waals surface area contributed by atoms with Crippen molar-refractivity contribution in [2.45, 2.75) is 44.5 Å². The highest BCUT2D eigenvalue weighted by atomic mass is 32.2. The number of hydrogen-bond donors (Lipinski definition) is 4. The maximum absolute atomic E-state index is 13.5. The fourth-order valence-corrected chi connectivity index (χ4v) is 5.06. The number of amides is 2. The molecule has 182 valence electrons. The molecule has 4 atom stereocenters. The minimum atomic E-state index is -1.81. The largest absolute Gasteiger partial charge is 0.507 e. The number of hydrogen-bond acceptors (Lipinski definition) is 7. The van der Waals surface area contributed by atoms with E-state index < -0.39 is 41.3 Å². The number of phenols is 1. The molecule has 0 radical (unpaired) electrons. The van der Waals surface area contributed by atoms with E-state index >= 15 is 0 Å². The Bertz CT molecular complexity index is 1040. The minimum Gasteiger partial charge on any atom is -0.507 e. The lowest BCUT2D eigenvalue weighted by atomic mass is 9.82. The van der Waals surface area contributed by atoms with Crippen LogP contribution in [0.25, 0.3) is 0 Å². The number of aliphatic hydroxyl groups is 1. The lowest BCUT2D eigenvalue weighted by Crippen LogP contribution is -2.56. The monoisotopic (exact) mass is 485 g/mol. The lowest BCUT2D eigenvalue weighted by Gasteiger charge is -2.32. The van der Waals surface area contributed by atoms with Crippen LogP contribution >= 0.6 is 11.8 Å². The Kier molecular flexibility index (Phi) is 8.01. The first-order chi connectivity index (χ1) is 16.0. The van der Waals surface area contributed by atoms with Crippen LogP contribution in [0, 0.1) is 5.92 Å². The van der Waals surface area contributed by atoms with Gasteiger partial charge >= 0.3 is 0 Å². The van der Waals surface area contributed by atoms with Crippen LogP contribution in [0.2, 0.25) is 0 Å². The molecule has 1 fully saturated rings. The van der Waals surface area contributed by atoms with E-state index in [0.717, 1.165) is 0 Å². The number of nitrogens with two attached hydrogens (primary N) is 1. The van der Waals surface area contributed by atoms with E-state index in [1.54, 1.807) is 42.5 Å². The Morgan fingerprint density at radius 3 is 2.32 bits per heavy atom. The molecule has 0 spiro atoms. The predicted molar refractivity (Wildman–Crippen MR) is 131 cm³/mol. The second kappa shape index (κ2) is 10.6. The molecule has 1 saturated heterocycles. The fraction of sp³-hybridized carbons (Fsp3) is 0.400. The summed E-state index contributed by atoms with van der Waals surface area (Å²) in [5, 5.41) is 24.3. The van der Waals surface area contributed by atoms with Crippen LogP contribution in [-0.4, -0.2) is 62.0 Å². The van der Waals surface area contributed by atoms with Crippen LogP contribution in [0.15, 0.2) is 54.6 Å².